The Bertz CT molecular complexity index is 479. The minimum atomic E-state index is -3.87. The predicted molar refractivity (Wildman–Crippen MR) is 154 cm³/mol. The number of unbranched alkanes of at least 4 members (excludes halogenated alkanes) is 16. The normalized spacial score (nSPS) is 12.3. The van der Waals surface area contributed by atoms with Gasteiger partial charge in [0.1, 0.15) is 0 Å². The van der Waals surface area contributed by atoms with E-state index in [2.05, 4.69) is 35.1 Å². The molecule has 0 unspecified atom stereocenters. The highest BCUT2D eigenvalue weighted by atomic mass is 35.5. The van der Waals surface area contributed by atoms with Crippen molar-refractivity contribution < 1.29 is 48.2 Å². The maximum atomic E-state index is 9.17. The summed E-state index contributed by atoms with van der Waals surface area (Å²) in [6.45, 7) is 6.80. The number of quaternary nitrogens is 2. The molecule has 0 aliphatic carbocycles. The SMILES string of the molecule is CCCCCCCCCCCCCCCCCC[N+](C)(C)CCCC[N+](C)(C)CCC[Si](O)(O)O.[Cl-].[Cl-]. The van der Waals surface area contributed by atoms with Crippen molar-refractivity contribution in [1.82, 2.24) is 0 Å². The third kappa shape index (κ3) is 32.7. The number of nitrogens with zero attached hydrogens (tertiary/aromatic N) is 2. The van der Waals surface area contributed by atoms with E-state index in [1.807, 2.05) is 0 Å². The van der Waals surface area contributed by atoms with Crippen LogP contribution in [0.15, 0.2) is 0 Å². The Balaban J connectivity index is -0.00000578. The minimum absolute atomic E-state index is 0. The van der Waals surface area contributed by atoms with E-state index < -0.39 is 8.80 Å². The fraction of sp³-hybridized carbons (Fsp3) is 1.00. The van der Waals surface area contributed by atoms with Gasteiger partial charge < -0.3 is 48.2 Å². The summed E-state index contributed by atoms with van der Waals surface area (Å²) in [5, 5.41) is 0. The van der Waals surface area contributed by atoms with Crippen molar-refractivity contribution in [3.63, 3.8) is 0 Å². The largest absolute Gasteiger partial charge is 1.00 e. The van der Waals surface area contributed by atoms with Crippen LogP contribution in [0.1, 0.15) is 129 Å². The first-order valence-electron chi connectivity index (χ1n) is 15.3. The van der Waals surface area contributed by atoms with Crippen LogP contribution in [0.3, 0.4) is 0 Å². The van der Waals surface area contributed by atoms with Crippen molar-refractivity contribution >= 4 is 8.80 Å². The molecule has 0 saturated heterocycles. The van der Waals surface area contributed by atoms with Gasteiger partial charge in [-0.15, -0.1) is 0 Å². The summed E-state index contributed by atoms with van der Waals surface area (Å²) in [5.41, 5.74) is 0. The van der Waals surface area contributed by atoms with Crippen molar-refractivity contribution in [1.29, 1.82) is 0 Å². The standard InChI is InChI=1S/C29H66N2O3Si.2ClH/c1-6-7-8-9-10-11-12-13-14-15-16-17-18-19-20-21-25-30(2,3)26-22-23-27-31(4,5)28-24-29-35(32,33)34;;/h32-34H,6-29H2,1-5H3;2*1H/q+2;;/p-2. The molecule has 8 heteroatoms. The third-order valence-corrected chi connectivity index (χ3v) is 8.69. The summed E-state index contributed by atoms with van der Waals surface area (Å²) in [6.07, 6.45) is 25.9. The molecule has 0 saturated carbocycles. The Kier molecular flexibility index (Phi) is 29.1. The maximum absolute atomic E-state index is 9.17. The summed E-state index contributed by atoms with van der Waals surface area (Å²) < 4.78 is 2.01. The van der Waals surface area contributed by atoms with Crippen LogP contribution in [0, 0.1) is 0 Å². The second kappa shape index (κ2) is 25.6. The van der Waals surface area contributed by atoms with Gasteiger partial charge in [0.05, 0.1) is 54.4 Å². The number of rotatable bonds is 26. The van der Waals surface area contributed by atoms with Crippen LogP contribution >= 0.6 is 0 Å². The zero-order valence-corrected chi connectivity index (χ0v) is 28.0. The minimum Gasteiger partial charge on any atom is -1.00 e. The van der Waals surface area contributed by atoms with Crippen molar-refractivity contribution in [3.8, 4) is 0 Å². The lowest BCUT2D eigenvalue weighted by atomic mass is 10.0. The fourth-order valence-electron chi connectivity index (χ4n) is 5.14. The van der Waals surface area contributed by atoms with E-state index in [1.54, 1.807) is 0 Å². The molecule has 0 radical (unpaired) electrons. The Morgan fingerprint density at radius 2 is 0.649 bits per heavy atom. The first-order valence-corrected chi connectivity index (χ1v) is 17.3. The number of halogens is 2. The maximum Gasteiger partial charge on any atom is 0.492 e. The lowest BCUT2D eigenvalue weighted by molar-refractivity contribution is -0.897. The highest BCUT2D eigenvalue weighted by Gasteiger charge is 2.27. The van der Waals surface area contributed by atoms with E-state index in [-0.39, 0.29) is 30.9 Å². The Morgan fingerprint density at radius 3 is 0.946 bits per heavy atom. The quantitative estimate of drug-likeness (QED) is 0.0783. The van der Waals surface area contributed by atoms with E-state index in [9.17, 15) is 0 Å². The molecule has 0 aromatic carbocycles. The summed E-state index contributed by atoms with van der Waals surface area (Å²) >= 11 is 0. The molecule has 0 bridgehead atoms. The first kappa shape index (κ1) is 42.1. The van der Waals surface area contributed by atoms with Crippen LogP contribution in [0.4, 0.5) is 0 Å². The van der Waals surface area contributed by atoms with Gasteiger partial charge >= 0.3 is 8.80 Å². The van der Waals surface area contributed by atoms with Crippen LogP contribution in [0.25, 0.3) is 0 Å². The molecule has 0 rings (SSSR count). The van der Waals surface area contributed by atoms with Gasteiger partial charge in [-0.25, -0.2) is 0 Å². The molecule has 37 heavy (non-hydrogen) atoms. The van der Waals surface area contributed by atoms with Crippen LogP contribution in [0.2, 0.25) is 6.04 Å². The highest BCUT2D eigenvalue weighted by Crippen LogP contribution is 2.15. The van der Waals surface area contributed by atoms with Crippen LogP contribution in [-0.4, -0.2) is 86.5 Å². The van der Waals surface area contributed by atoms with Crippen molar-refractivity contribution in [2.45, 2.75) is 135 Å². The number of hydrogen-bond acceptors (Lipinski definition) is 3. The highest BCUT2D eigenvalue weighted by molar-refractivity contribution is 6.56. The molecule has 0 fully saturated rings. The molecule has 228 valence electrons. The topological polar surface area (TPSA) is 60.7 Å². The molecule has 0 amide bonds. The molecule has 0 aliphatic rings. The van der Waals surface area contributed by atoms with Crippen molar-refractivity contribution in [3.05, 3.63) is 0 Å². The van der Waals surface area contributed by atoms with Crippen molar-refractivity contribution in [2.75, 3.05) is 54.4 Å². The van der Waals surface area contributed by atoms with Gasteiger partial charge in [-0.05, 0) is 12.8 Å². The Labute approximate surface area is 245 Å². The van der Waals surface area contributed by atoms with Gasteiger partial charge in [0.2, 0.25) is 0 Å². The van der Waals surface area contributed by atoms with Gasteiger partial charge in [-0.1, -0.05) is 96.8 Å². The van der Waals surface area contributed by atoms with Crippen LogP contribution < -0.4 is 24.8 Å². The molecule has 0 atom stereocenters. The fourth-order valence-corrected chi connectivity index (χ4v) is 5.77. The zero-order valence-electron chi connectivity index (χ0n) is 25.5. The average Bonchev–Trinajstić information content (AvgIpc) is 2.75. The van der Waals surface area contributed by atoms with Gasteiger partial charge in [-0.3, -0.25) is 0 Å². The smallest absolute Gasteiger partial charge is 0.492 e. The molecule has 0 spiro atoms. The van der Waals surface area contributed by atoms with E-state index >= 15 is 0 Å². The lowest BCUT2D eigenvalue weighted by Crippen LogP contribution is -3.00. The molecule has 0 aromatic rings. The Hall–Kier alpha value is 0.597. The summed E-state index contributed by atoms with van der Waals surface area (Å²) in [7, 11) is 5.28. The van der Waals surface area contributed by atoms with Gasteiger partial charge in [0.15, 0.2) is 0 Å². The second-order valence-electron chi connectivity index (χ2n) is 12.7. The van der Waals surface area contributed by atoms with E-state index in [4.69, 9.17) is 14.4 Å². The lowest BCUT2D eigenvalue weighted by Gasteiger charge is -2.32. The van der Waals surface area contributed by atoms with E-state index in [0.717, 1.165) is 22.1 Å². The van der Waals surface area contributed by atoms with Crippen LogP contribution in [-0.2, 0) is 0 Å². The number of hydrogen-bond donors (Lipinski definition) is 3. The van der Waals surface area contributed by atoms with E-state index in [1.165, 1.54) is 129 Å². The van der Waals surface area contributed by atoms with Gasteiger partial charge in [0.25, 0.3) is 0 Å². The van der Waals surface area contributed by atoms with E-state index in [0.29, 0.717) is 6.42 Å². The molecule has 5 nitrogen and oxygen atoms in total. The Morgan fingerprint density at radius 1 is 0.405 bits per heavy atom. The molecule has 0 aromatic heterocycles. The molecular formula is C29H66Cl2N2O3Si. The summed E-state index contributed by atoms with van der Waals surface area (Å²) in [4.78, 5) is 27.5. The first-order chi connectivity index (χ1) is 16.5. The van der Waals surface area contributed by atoms with Gasteiger partial charge in [-0.2, -0.15) is 0 Å². The third-order valence-electron chi connectivity index (χ3n) is 7.67. The predicted octanol–water partition coefficient (Wildman–Crippen LogP) is 0.495. The summed E-state index contributed by atoms with van der Waals surface area (Å²) in [5.74, 6) is 0. The van der Waals surface area contributed by atoms with Gasteiger partial charge in [0, 0.05) is 25.3 Å². The average molecular weight is 590 g/mol. The molecular weight excluding hydrogens is 523 g/mol. The monoisotopic (exact) mass is 588 g/mol. The van der Waals surface area contributed by atoms with Crippen molar-refractivity contribution in [2.24, 2.45) is 0 Å². The zero-order chi connectivity index (χ0) is 26.5. The van der Waals surface area contributed by atoms with Crippen LogP contribution in [0.5, 0.6) is 0 Å². The molecule has 3 N–H and O–H groups in total. The summed E-state index contributed by atoms with van der Waals surface area (Å²) in [6, 6.07) is 0.151. The molecule has 0 aliphatic heterocycles. The molecule has 0 heterocycles. The second-order valence-corrected chi connectivity index (χ2v) is 14.7.